The summed E-state index contributed by atoms with van der Waals surface area (Å²) in [6.45, 7) is 3.88. The van der Waals surface area contributed by atoms with Crippen molar-refractivity contribution in [1.29, 1.82) is 0 Å². The number of halogens is 1. The zero-order valence-electron chi connectivity index (χ0n) is 10.4. The van der Waals surface area contributed by atoms with Gasteiger partial charge in [0, 0.05) is 18.0 Å². The SMILES string of the molecule is Cc1ccc(F)c(C(NN)c2cnccc2C)c1. The van der Waals surface area contributed by atoms with Crippen LogP contribution in [0.1, 0.15) is 28.3 Å². The van der Waals surface area contributed by atoms with Crippen molar-refractivity contribution < 1.29 is 4.39 Å². The molecule has 1 heterocycles. The number of nitrogens with zero attached hydrogens (tertiary/aromatic N) is 1. The highest BCUT2D eigenvalue weighted by Crippen LogP contribution is 2.26. The quantitative estimate of drug-likeness (QED) is 0.645. The predicted molar refractivity (Wildman–Crippen MR) is 69.3 cm³/mol. The van der Waals surface area contributed by atoms with E-state index >= 15 is 0 Å². The molecule has 0 aliphatic rings. The first-order chi connectivity index (χ1) is 8.63. The Kier molecular flexibility index (Phi) is 3.69. The number of hydrazine groups is 1. The normalized spacial score (nSPS) is 12.4. The second-order valence-corrected chi connectivity index (χ2v) is 4.36. The number of aryl methyl sites for hydroxylation is 2. The third-order valence-electron chi connectivity index (χ3n) is 3.02. The molecular formula is C14H16FN3. The number of aromatic nitrogens is 1. The molecule has 0 fully saturated rings. The molecule has 94 valence electrons. The van der Waals surface area contributed by atoms with Crippen molar-refractivity contribution in [2.75, 3.05) is 0 Å². The molecule has 0 saturated heterocycles. The van der Waals surface area contributed by atoms with Crippen LogP contribution in [0, 0.1) is 19.7 Å². The minimum atomic E-state index is -0.390. The fraction of sp³-hybridized carbons (Fsp3) is 0.214. The molecule has 3 N–H and O–H groups in total. The van der Waals surface area contributed by atoms with Gasteiger partial charge < -0.3 is 0 Å². The van der Waals surface area contributed by atoms with E-state index < -0.39 is 6.04 Å². The molecule has 1 unspecified atom stereocenters. The molecule has 1 aromatic heterocycles. The maximum atomic E-state index is 13.9. The van der Waals surface area contributed by atoms with E-state index in [1.165, 1.54) is 6.07 Å². The summed E-state index contributed by atoms with van der Waals surface area (Å²) in [5.74, 6) is 5.31. The zero-order chi connectivity index (χ0) is 13.1. The van der Waals surface area contributed by atoms with Gasteiger partial charge in [-0.3, -0.25) is 10.8 Å². The average Bonchev–Trinajstić information content (AvgIpc) is 2.36. The number of benzene rings is 1. The van der Waals surface area contributed by atoms with E-state index in [4.69, 9.17) is 5.84 Å². The van der Waals surface area contributed by atoms with Gasteiger partial charge in [0.05, 0.1) is 6.04 Å². The summed E-state index contributed by atoms with van der Waals surface area (Å²) < 4.78 is 13.9. The monoisotopic (exact) mass is 245 g/mol. The summed E-state index contributed by atoms with van der Waals surface area (Å²) in [6.07, 6.45) is 3.42. The van der Waals surface area contributed by atoms with Gasteiger partial charge in [0.2, 0.25) is 0 Å². The van der Waals surface area contributed by atoms with Crippen molar-refractivity contribution in [2.45, 2.75) is 19.9 Å². The summed E-state index contributed by atoms with van der Waals surface area (Å²) in [5, 5.41) is 0. The lowest BCUT2D eigenvalue weighted by Gasteiger charge is -2.19. The Hall–Kier alpha value is -1.78. The molecule has 0 aliphatic carbocycles. The molecule has 0 amide bonds. The third kappa shape index (κ3) is 2.39. The molecule has 2 aromatic rings. The lowest BCUT2D eigenvalue weighted by atomic mass is 9.96. The largest absolute Gasteiger partial charge is 0.271 e. The molecular weight excluding hydrogens is 229 g/mol. The summed E-state index contributed by atoms with van der Waals surface area (Å²) in [6, 6.07) is 6.49. The van der Waals surface area contributed by atoms with Gasteiger partial charge in [-0.15, -0.1) is 0 Å². The third-order valence-corrected chi connectivity index (χ3v) is 3.02. The fourth-order valence-electron chi connectivity index (χ4n) is 2.01. The molecule has 0 radical (unpaired) electrons. The zero-order valence-corrected chi connectivity index (χ0v) is 10.4. The van der Waals surface area contributed by atoms with Crippen molar-refractivity contribution in [3.05, 3.63) is 64.7 Å². The predicted octanol–water partition coefficient (Wildman–Crippen LogP) is 2.39. The van der Waals surface area contributed by atoms with E-state index in [-0.39, 0.29) is 5.82 Å². The van der Waals surface area contributed by atoms with Crippen LogP contribution in [0.5, 0.6) is 0 Å². The number of hydrogen-bond donors (Lipinski definition) is 2. The molecule has 2 rings (SSSR count). The Morgan fingerprint density at radius 3 is 2.67 bits per heavy atom. The molecule has 0 bridgehead atoms. The highest BCUT2D eigenvalue weighted by Gasteiger charge is 2.18. The van der Waals surface area contributed by atoms with Crippen molar-refractivity contribution in [2.24, 2.45) is 5.84 Å². The minimum Gasteiger partial charge on any atom is -0.271 e. The first-order valence-corrected chi connectivity index (χ1v) is 5.76. The Morgan fingerprint density at radius 1 is 1.22 bits per heavy atom. The number of pyridine rings is 1. The Balaban J connectivity index is 2.52. The van der Waals surface area contributed by atoms with Gasteiger partial charge in [-0.2, -0.15) is 0 Å². The lowest BCUT2D eigenvalue weighted by molar-refractivity contribution is 0.557. The molecule has 0 aliphatic heterocycles. The molecule has 4 heteroatoms. The van der Waals surface area contributed by atoms with Crippen LogP contribution in [-0.4, -0.2) is 4.98 Å². The molecule has 1 aromatic carbocycles. The van der Waals surface area contributed by atoms with Crippen molar-refractivity contribution in [3.63, 3.8) is 0 Å². The van der Waals surface area contributed by atoms with Gasteiger partial charge in [0.25, 0.3) is 0 Å². The first-order valence-electron chi connectivity index (χ1n) is 5.76. The Labute approximate surface area is 106 Å². The number of hydrogen-bond acceptors (Lipinski definition) is 3. The molecule has 18 heavy (non-hydrogen) atoms. The van der Waals surface area contributed by atoms with Crippen LogP contribution in [0.2, 0.25) is 0 Å². The summed E-state index contributed by atoms with van der Waals surface area (Å²) >= 11 is 0. The van der Waals surface area contributed by atoms with Gasteiger partial charge in [-0.1, -0.05) is 17.7 Å². The first kappa shape index (κ1) is 12.7. The summed E-state index contributed by atoms with van der Waals surface area (Å²) in [5.41, 5.74) is 6.09. The van der Waals surface area contributed by atoms with Crippen molar-refractivity contribution >= 4 is 0 Å². The second kappa shape index (κ2) is 5.25. The van der Waals surface area contributed by atoms with E-state index in [9.17, 15) is 4.39 Å². The smallest absolute Gasteiger partial charge is 0.128 e. The molecule has 0 saturated carbocycles. The second-order valence-electron chi connectivity index (χ2n) is 4.36. The summed E-state index contributed by atoms with van der Waals surface area (Å²) in [7, 11) is 0. The van der Waals surface area contributed by atoms with Gasteiger partial charge >= 0.3 is 0 Å². The van der Waals surface area contributed by atoms with Crippen LogP contribution in [-0.2, 0) is 0 Å². The van der Waals surface area contributed by atoms with E-state index in [0.717, 1.165) is 16.7 Å². The standard InChI is InChI=1S/C14H16FN3/c1-9-3-4-13(15)11(7-9)14(18-16)12-8-17-6-5-10(12)2/h3-8,14,18H,16H2,1-2H3. The van der Waals surface area contributed by atoms with Crippen LogP contribution in [0.4, 0.5) is 4.39 Å². The highest BCUT2D eigenvalue weighted by atomic mass is 19.1. The number of rotatable bonds is 3. The topological polar surface area (TPSA) is 50.9 Å². The molecule has 1 atom stereocenters. The van der Waals surface area contributed by atoms with Gasteiger partial charge in [0.1, 0.15) is 5.82 Å². The molecule has 3 nitrogen and oxygen atoms in total. The minimum absolute atomic E-state index is 0.271. The Bertz CT molecular complexity index is 554. The van der Waals surface area contributed by atoms with Gasteiger partial charge in [-0.25, -0.2) is 9.82 Å². The summed E-state index contributed by atoms with van der Waals surface area (Å²) in [4.78, 5) is 4.07. The molecule has 0 spiro atoms. The maximum absolute atomic E-state index is 13.9. The van der Waals surface area contributed by atoms with E-state index in [2.05, 4.69) is 10.4 Å². The number of nitrogens with one attached hydrogen (secondary N) is 1. The van der Waals surface area contributed by atoms with Crippen LogP contribution >= 0.6 is 0 Å². The Morgan fingerprint density at radius 2 is 2.00 bits per heavy atom. The van der Waals surface area contributed by atoms with Gasteiger partial charge in [-0.05, 0) is 37.1 Å². The lowest BCUT2D eigenvalue weighted by Crippen LogP contribution is -2.30. The van der Waals surface area contributed by atoms with E-state index in [1.807, 2.05) is 19.9 Å². The van der Waals surface area contributed by atoms with Crippen LogP contribution in [0.15, 0.2) is 36.7 Å². The van der Waals surface area contributed by atoms with Crippen LogP contribution < -0.4 is 11.3 Å². The van der Waals surface area contributed by atoms with E-state index in [1.54, 1.807) is 24.5 Å². The fourth-order valence-corrected chi connectivity index (χ4v) is 2.01. The van der Waals surface area contributed by atoms with Crippen LogP contribution in [0.25, 0.3) is 0 Å². The van der Waals surface area contributed by atoms with E-state index in [0.29, 0.717) is 5.56 Å². The van der Waals surface area contributed by atoms with Crippen molar-refractivity contribution in [3.8, 4) is 0 Å². The van der Waals surface area contributed by atoms with Crippen LogP contribution in [0.3, 0.4) is 0 Å². The average molecular weight is 245 g/mol. The maximum Gasteiger partial charge on any atom is 0.128 e. The van der Waals surface area contributed by atoms with Crippen molar-refractivity contribution in [1.82, 2.24) is 10.4 Å². The van der Waals surface area contributed by atoms with Gasteiger partial charge in [0.15, 0.2) is 0 Å². The number of nitrogens with two attached hydrogens (primary N) is 1. The highest BCUT2D eigenvalue weighted by molar-refractivity contribution is 5.37.